The van der Waals surface area contributed by atoms with E-state index in [1.54, 1.807) is 18.2 Å². The summed E-state index contributed by atoms with van der Waals surface area (Å²) in [6.07, 6.45) is 0.439. The summed E-state index contributed by atoms with van der Waals surface area (Å²) in [4.78, 5) is 30.9. The first-order chi connectivity index (χ1) is 12.0. The van der Waals surface area contributed by atoms with Crippen LogP contribution >= 0.6 is 23.2 Å². The number of aromatic nitrogens is 1. The molecule has 2 aromatic rings. The number of carbonyl (C=O) groups excluding carboxylic acids is 2. The number of hydrogen-bond acceptors (Lipinski definition) is 3. The van der Waals surface area contributed by atoms with Crippen LogP contribution < -0.4 is 10.2 Å². The summed E-state index contributed by atoms with van der Waals surface area (Å²) < 4.78 is 0. The van der Waals surface area contributed by atoms with Crippen LogP contribution in [0.4, 0.5) is 5.69 Å². The van der Waals surface area contributed by atoms with Crippen molar-refractivity contribution in [2.24, 2.45) is 5.92 Å². The highest BCUT2D eigenvalue weighted by Crippen LogP contribution is 2.33. The van der Waals surface area contributed by atoms with Gasteiger partial charge in [0.2, 0.25) is 11.8 Å². The molecule has 0 bridgehead atoms. The molecule has 7 heteroatoms. The van der Waals surface area contributed by atoms with Crippen molar-refractivity contribution in [2.45, 2.75) is 19.9 Å². The van der Waals surface area contributed by atoms with E-state index in [1.807, 2.05) is 25.1 Å². The van der Waals surface area contributed by atoms with Crippen LogP contribution in [0.1, 0.15) is 17.8 Å². The third-order valence-corrected chi connectivity index (χ3v) is 4.67. The summed E-state index contributed by atoms with van der Waals surface area (Å²) in [5.74, 6) is -1.28. The Morgan fingerprint density at radius 1 is 1.32 bits per heavy atom. The maximum Gasteiger partial charge on any atom is 0.239 e. The van der Waals surface area contributed by atoms with E-state index in [0.717, 1.165) is 11.4 Å². The molecule has 25 heavy (non-hydrogen) atoms. The van der Waals surface area contributed by atoms with Gasteiger partial charge in [-0.05, 0) is 43.7 Å². The molecule has 0 radical (unpaired) electrons. The van der Waals surface area contributed by atoms with Gasteiger partial charge in [-0.3, -0.25) is 14.6 Å². The van der Waals surface area contributed by atoms with E-state index in [2.05, 4.69) is 10.3 Å². The summed E-state index contributed by atoms with van der Waals surface area (Å²) in [7, 11) is 0. The second-order valence-electron chi connectivity index (χ2n) is 5.91. The number of carbonyl (C=O) groups is 2. The highest BCUT2D eigenvalue weighted by Gasteiger charge is 2.38. The van der Waals surface area contributed by atoms with E-state index in [1.165, 1.54) is 4.90 Å². The number of rotatable bonds is 4. The van der Waals surface area contributed by atoms with Crippen molar-refractivity contribution in [1.29, 1.82) is 0 Å². The quantitative estimate of drug-likeness (QED) is 0.830. The number of hydrogen-bond donors (Lipinski definition) is 1. The van der Waals surface area contributed by atoms with Gasteiger partial charge >= 0.3 is 0 Å². The van der Waals surface area contributed by atoms with Gasteiger partial charge in [0, 0.05) is 17.3 Å². The number of nitrogens with one attached hydrogen (secondary N) is 1. The molecule has 1 saturated heterocycles. The zero-order chi connectivity index (χ0) is 18.0. The lowest BCUT2D eigenvalue weighted by Gasteiger charge is -2.18. The number of pyridine rings is 1. The van der Waals surface area contributed by atoms with E-state index >= 15 is 0 Å². The van der Waals surface area contributed by atoms with Gasteiger partial charge in [-0.2, -0.15) is 0 Å². The average Bonchev–Trinajstić information content (AvgIpc) is 2.96. The van der Waals surface area contributed by atoms with Crippen molar-refractivity contribution < 1.29 is 9.59 Å². The van der Waals surface area contributed by atoms with Crippen LogP contribution in [0.3, 0.4) is 0 Å². The second kappa shape index (κ2) is 7.42. The first-order valence-electron chi connectivity index (χ1n) is 7.92. The zero-order valence-electron chi connectivity index (χ0n) is 13.6. The van der Waals surface area contributed by atoms with Gasteiger partial charge in [0.25, 0.3) is 0 Å². The van der Waals surface area contributed by atoms with E-state index in [4.69, 9.17) is 23.2 Å². The lowest BCUT2D eigenvalue weighted by molar-refractivity contribution is -0.132. The van der Waals surface area contributed by atoms with Gasteiger partial charge in [-0.15, -0.1) is 0 Å². The fraction of sp³-hybridized carbons (Fsp3) is 0.278. The normalized spacial score (nSPS) is 17.0. The van der Waals surface area contributed by atoms with Gasteiger partial charge in [0.05, 0.1) is 22.9 Å². The van der Waals surface area contributed by atoms with Crippen molar-refractivity contribution in [3.05, 3.63) is 57.8 Å². The summed E-state index contributed by atoms with van der Waals surface area (Å²) in [6, 6.07) is 10.5. The SMILES string of the molecule is Cc1cccc(CNC(=O)C2CCN(c3cc(Cl)ccc3Cl)C2=O)n1. The van der Waals surface area contributed by atoms with Crippen LogP contribution in [0.25, 0.3) is 0 Å². The van der Waals surface area contributed by atoms with Crippen LogP contribution in [0.2, 0.25) is 10.0 Å². The molecule has 1 aromatic heterocycles. The molecule has 5 nitrogen and oxygen atoms in total. The molecule has 1 unspecified atom stereocenters. The molecule has 0 saturated carbocycles. The molecule has 130 valence electrons. The maximum absolute atomic E-state index is 12.6. The lowest BCUT2D eigenvalue weighted by Crippen LogP contribution is -2.36. The minimum atomic E-state index is -0.722. The molecule has 3 rings (SSSR count). The fourth-order valence-electron chi connectivity index (χ4n) is 2.85. The largest absolute Gasteiger partial charge is 0.350 e. The average molecular weight is 378 g/mol. The number of anilines is 1. The van der Waals surface area contributed by atoms with Crippen molar-refractivity contribution in [3.63, 3.8) is 0 Å². The Kier molecular flexibility index (Phi) is 5.25. The number of amides is 2. The first kappa shape index (κ1) is 17.7. The monoisotopic (exact) mass is 377 g/mol. The Bertz CT molecular complexity index is 826. The first-order valence-corrected chi connectivity index (χ1v) is 8.68. The van der Waals surface area contributed by atoms with Crippen LogP contribution in [0, 0.1) is 12.8 Å². The molecular weight excluding hydrogens is 361 g/mol. The molecule has 1 N–H and O–H groups in total. The summed E-state index contributed by atoms with van der Waals surface area (Å²) in [5, 5.41) is 3.71. The predicted molar refractivity (Wildman–Crippen MR) is 97.7 cm³/mol. The molecule has 1 aliphatic rings. The molecule has 0 aliphatic carbocycles. The summed E-state index contributed by atoms with van der Waals surface area (Å²) in [5.41, 5.74) is 2.17. The predicted octanol–water partition coefficient (Wildman–Crippen LogP) is 3.37. The molecule has 1 aromatic carbocycles. The van der Waals surface area contributed by atoms with Gasteiger partial charge < -0.3 is 10.2 Å². The fourth-order valence-corrected chi connectivity index (χ4v) is 3.24. The minimum Gasteiger partial charge on any atom is -0.350 e. The molecular formula is C18H17Cl2N3O2. The topological polar surface area (TPSA) is 62.3 Å². The molecule has 2 heterocycles. The van der Waals surface area contributed by atoms with Crippen molar-refractivity contribution in [2.75, 3.05) is 11.4 Å². The Balaban J connectivity index is 1.67. The van der Waals surface area contributed by atoms with Crippen LogP contribution in [0.15, 0.2) is 36.4 Å². The minimum absolute atomic E-state index is 0.265. The van der Waals surface area contributed by atoms with E-state index in [-0.39, 0.29) is 11.8 Å². The number of halogens is 2. The molecule has 2 amide bonds. The standard InChI is InChI=1S/C18H17Cl2N3O2/c1-11-3-2-4-13(22-11)10-21-17(24)14-7-8-23(18(14)25)16-9-12(19)5-6-15(16)20/h2-6,9,14H,7-8,10H2,1H3,(H,21,24). The highest BCUT2D eigenvalue weighted by molar-refractivity contribution is 6.36. The maximum atomic E-state index is 12.6. The van der Waals surface area contributed by atoms with Gasteiger partial charge in [0.1, 0.15) is 5.92 Å². The summed E-state index contributed by atoms with van der Waals surface area (Å²) in [6.45, 7) is 2.61. The van der Waals surface area contributed by atoms with Gasteiger partial charge in [-0.1, -0.05) is 29.3 Å². The van der Waals surface area contributed by atoms with E-state index < -0.39 is 5.92 Å². The van der Waals surface area contributed by atoms with Crippen molar-refractivity contribution in [3.8, 4) is 0 Å². The van der Waals surface area contributed by atoms with E-state index in [0.29, 0.717) is 35.2 Å². The smallest absolute Gasteiger partial charge is 0.239 e. The third-order valence-electron chi connectivity index (χ3n) is 4.11. The van der Waals surface area contributed by atoms with Crippen LogP contribution in [-0.4, -0.2) is 23.3 Å². The highest BCUT2D eigenvalue weighted by atomic mass is 35.5. The Labute approximate surface area is 155 Å². The molecule has 1 fully saturated rings. The Morgan fingerprint density at radius 2 is 2.12 bits per heavy atom. The molecule has 0 spiro atoms. The zero-order valence-corrected chi connectivity index (χ0v) is 15.1. The lowest BCUT2D eigenvalue weighted by atomic mass is 10.1. The number of benzene rings is 1. The number of nitrogens with zero attached hydrogens (tertiary/aromatic N) is 2. The Hall–Kier alpha value is -2.11. The number of aryl methyl sites for hydroxylation is 1. The van der Waals surface area contributed by atoms with E-state index in [9.17, 15) is 9.59 Å². The molecule has 1 aliphatic heterocycles. The third kappa shape index (κ3) is 3.94. The van der Waals surface area contributed by atoms with Gasteiger partial charge in [0.15, 0.2) is 0 Å². The van der Waals surface area contributed by atoms with Crippen molar-refractivity contribution in [1.82, 2.24) is 10.3 Å². The molecule has 1 atom stereocenters. The van der Waals surface area contributed by atoms with Crippen LogP contribution in [-0.2, 0) is 16.1 Å². The second-order valence-corrected chi connectivity index (χ2v) is 6.76. The Morgan fingerprint density at radius 3 is 2.88 bits per heavy atom. The van der Waals surface area contributed by atoms with Crippen LogP contribution in [0.5, 0.6) is 0 Å². The summed E-state index contributed by atoms with van der Waals surface area (Å²) >= 11 is 12.2. The van der Waals surface area contributed by atoms with Gasteiger partial charge in [-0.25, -0.2) is 0 Å². The van der Waals surface area contributed by atoms with Crippen molar-refractivity contribution >= 4 is 40.7 Å².